The summed E-state index contributed by atoms with van der Waals surface area (Å²) < 4.78 is 6.13. The quantitative estimate of drug-likeness (QED) is 0.738. The van der Waals surface area contributed by atoms with E-state index in [1.807, 2.05) is 24.3 Å². The number of aliphatic imine (C=N–C) groups is 1. The Morgan fingerprint density at radius 1 is 1.43 bits per heavy atom. The fourth-order valence-corrected chi connectivity index (χ4v) is 3.88. The van der Waals surface area contributed by atoms with Crippen LogP contribution in [0, 0.1) is 0 Å². The van der Waals surface area contributed by atoms with E-state index in [0.29, 0.717) is 22.2 Å². The third-order valence-electron chi connectivity index (χ3n) is 3.67. The van der Waals surface area contributed by atoms with E-state index in [4.69, 9.17) is 4.74 Å². The Kier molecular flexibility index (Phi) is 4.59. The SMILES string of the molecule is CCOC(=O)C1=C(C)N=C2SCC(=O)N2C1c1ccc(Br)cc1. The number of esters is 1. The first-order valence-corrected chi connectivity index (χ1v) is 8.97. The number of fused-ring (bicyclic) bond motifs is 1. The number of amidine groups is 1. The van der Waals surface area contributed by atoms with Gasteiger partial charge in [-0.1, -0.05) is 39.8 Å². The number of rotatable bonds is 3. The molecule has 0 aromatic heterocycles. The number of allylic oxidation sites excluding steroid dienone is 1. The number of amides is 1. The smallest absolute Gasteiger partial charge is 0.338 e. The third-order valence-corrected chi connectivity index (χ3v) is 5.13. The van der Waals surface area contributed by atoms with Crippen molar-refractivity contribution >= 4 is 44.7 Å². The van der Waals surface area contributed by atoms with Crippen LogP contribution in [0.3, 0.4) is 0 Å². The van der Waals surface area contributed by atoms with Gasteiger partial charge in [0.2, 0.25) is 5.91 Å². The first-order chi connectivity index (χ1) is 11.0. The highest BCUT2D eigenvalue weighted by Crippen LogP contribution is 2.41. The van der Waals surface area contributed by atoms with E-state index in [9.17, 15) is 9.59 Å². The largest absolute Gasteiger partial charge is 0.463 e. The predicted molar refractivity (Wildman–Crippen MR) is 93.0 cm³/mol. The van der Waals surface area contributed by atoms with Crippen molar-refractivity contribution in [1.82, 2.24) is 4.90 Å². The van der Waals surface area contributed by atoms with Gasteiger partial charge in [0.05, 0.1) is 29.7 Å². The zero-order chi connectivity index (χ0) is 16.6. The molecule has 2 aliphatic rings. The Morgan fingerprint density at radius 3 is 2.78 bits per heavy atom. The fourth-order valence-electron chi connectivity index (χ4n) is 2.67. The van der Waals surface area contributed by atoms with Crippen molar-refractivity contribution in [3.8, 4) is 0 Å². The van der Waals surface area contributed by atoms with Crippen LogP contribution in [0.25, 0.3) is 0 Å². The molecular weight excluding hydrogens is 380 g/mol. The molecule has 7 heteroatoms. The number of carbonyl (C=O) groups is 2. The van der Waals surface area contributed by atoms with E-state index in [1.54, 1.807) is 18.7 Å². The lowest BCUT2D eigenvalue weighted by atomic mass is 9.94. The van der Waals surface area contributed by atoms with Crippen molar-refractivity contribution < 1.29 is 14.3 Å². The van der Waals surface area contributed by atoms with Crippen LogP contribution in [0.2, 0.25) is 0 Å². The van der Waals surface area contributed by atoms with Crippen molar-refractivity contribution in [1.29, 1.82) is 0 Å². The van der Waals surface area contributed by atoms with Gasteiger partial charge in [-0.2, -0.15) is 0 Å². The van der Waals surface area contributed by atoms with Gasteiger partial charge in [0.15, 0.2) is 5.17 Å². The van der Waals surface area contributed by atoms with E-state index >= 15 is 0 Å². The number of thioether (sulfide) groups is 1. The molecule has 0 spiro atoms. The van der Waals surface area contributed by atoms with Crippen molar-refractivity contribution in [3.63, 3.8) is 0 Å². The maximum absolute atomic E-state index is 12.5. The van der Waals surface area contributed by atoms with Crippen molar-refractivity contribution in [2.75, 3.05) is 12.4 Å². The van der Waals surface area contributed by atoms with Crippen LogP contribution in [-0.2, 0) is 14.3 Å². The van der Waals surface area contributed by atoms with Crippen LogP contribution in [-0.4, -0.2) is 34.3 Å². The molecule has 0 saturated carbocycles. The molecule has 23 heavy (non-hydrogen) atoms. The van der Waals surface area contributed by atoms with E-state index < -0.39 is 12.0 Å². The summed E-state index contributed by atoms with van der Waals surface area (Å²) in [6, 6.07) is 7.11. The van der Waals surface area contributed by atoms with Gasteiger partial charge in [0.1, 0.15) is 0 Å². The number of nitrogens with zero attached hydrogens (tertiary/aromatic N) is 2. The standard InChI is InChI=1S/C16H15BrN2O3S/c1-3-22-15(21)13-9(2)18-16-19(12(20)8-23-16)14(13)10-4-6-11(17)7-5-10/h4-7,14H,3,8H2,1-2H3. The number of ether oxygens (including phenoxy) is 1. The maximum Gasteiger partial charge on any atom is 0.338 e. The third kappa shape index (κ3) is 2.95. The second kappa shape index (κ2) is 6.49. The van der Waals surface area contributed by atoms with Crippen molar-refractivity contribution in [3.05, 3.63) is 45.6 Å². The molecule has 0 bridgehead atoms. The Bertz CT molecular complexity index is 727. The highest BCUT2D eigenvalue weighted by molar-refractivity contribution is 9.10. The lowest BCUT2D eigenvalue weighted by Gasteiger charge is -2.32. The summed E-state index contributed by atoms with van der Waals surface area (Å²) in [5.41, 5.74) is 1.89. The van der Waals surface area contributed by atoms with E-state index in [-0.39, 0.29) is 12.5 Å². The monoisotopic (exact) mass is 394 g/mol. The molecule has 3 rings (SSSR count). The Balaban J connectivity index is 2.13. The van der Waals surface area contributed by atoms with Gasteiger partial charge in [-0.05, 0) is 31.5 Å². The van der Waals surface area contributed by atoms with Crippen LogP contribution < -0.4 is 0 Å². The summed E-state index contributed by atoms with van der Waals surface area (Å²) in [5.74, 6) is -0.128. The van der Waals surface area contributed by atoms with Crippen LogP contribution in [0.15, 0.2) is 45.0 Å². The van der Waals surface area contributed by atoms with Gasteiger partial charge in [-0.15, -0.1) is 0 Å². The highest BCUT2D eigenvalue weighted by atomic mass is 79.9. The Labute approximate surface area is 146 Å². The zero-order valence-corrected chi connectivity index (χ0v) is 15.1. The van der Waals surface area contributed by atoms with Gasteiger partial charge in [-0.3, -0.25) is 9.69 Å². The van der Waals surface area contributed by atoms with E-state index in [2.05, 4.69) is 20.9 Å². The molecule has 5 nitrogen and oxygen atoms in total. The van der Waals surface area contributed by atoms with Crippen LogP contribution in [0.5, 0.6) is 0 Å². The van der Waals surface area contributed by atoms with Crippen LogP contribution in [0.1, 0.15) is 25.5 Å². The Hall–Kier alpha value is -1.60. The first kappa shape index (κ1) is 16.3. The molecule has 1 fully saturated rings. The lowest BCUT2D eigenvalue weighted by Crippen LogP contribution is -2.39. The average molecular weight is 395 g/mol. The molecule has 1 amide bonds. The molecule has 2 aliphatic heterocycles. The van der Waals surface area contributed by atoms with E-state index in [1.165, 1.54) is 11.8 Å². The number of hydrogen-bond donors (Lipinski definition) is 0. The summed E-state index contributed by atoms with van der Waals surface area (Å²) in [6.07, 6.45) is 0. The van der Waals surface area contributed by atoms with Gasteiger partial charge >= 0.3 is 5.97 Å². The normalized spacial score (nSPS) is 20.5. The molecule has 1 unspecified atom stereocenters. The lowest BCUT2D eigenvalue weighted by molar-refractivity contribution is -0.139. The number of benzene rings is 1. The molecule has 1 atom stereocenters. The molecule has 0 aliphatic carbocycles. The minimum Gasteiger partial charge on any atom is -0.463 e. The van der Waals surface area contributed by atoms with Crippen molar-refractivity contribution in [2.24, 2.45) is 4.99 Å². The highest BCUT2D eigenvalue weighted by Gasteiger charge is 2.43. The number of hydrogen-bond acceptors (Lipinski definition) is 5. The van der Waals surface area contributed by atoms with Gasteiger partial charge in [0.25, 0.3) is 0 Å². The number of halogens is 1. The average Bonchev–Trinajstić information content (AvgIpc) is 2.88. The van der Waals surface area contributed by atoms with Gasteiger partial charge in [0, 0.05) is 4.47 Å². The second-order valence-corrected chi connectivity index (χ2v) is 6.98. The molecule has 120 valence electrons. The molecule has 0 radical (unpaired) electrons. The molecule has 1 aromatic rings. The summed E-state index contributed by atoms with van der Waals surface area (Å²) in [7, 11) is 0. The van der Waals surface area contributed by atoms with Crippen LogP contribution in [0.4, 0.5) is 0 Å². The Morgan fingerprint density at radius 2 is 2.13 bits per heavy atom. The van der Waals surface area contributed by atoms with Crippen LogP contribution >= 0.6 is 27.7 Å². The predicted octanol–water partition coefficient (Wildman–Crippen LogP) is 3.27. The van der Waals surface area contributed by atoms with E-state index in [0.717, 1.165) is 10.0 Å². The summed E-state index contributed by atoms with van der Waals surface area (Å²) in [5, 5.41) is 0.647. The molecular formula is C16H15BrN2O3S. The zero-order valence-electron chi connectivity index (χ0n) is 12.7. The summed E-state index contributed by atoms with van der Waals surface area (Å²) in [6.45, 7) is 3.82. The molecule has 2 heterocycles. The molecule has 0 N–H and O–H groups in total. The minimum absolute atomic E-state index is 0.0454. The van der Waals surface area contributed by atoms with Gasteiger partial charge < -0.3 is 4.74 Å². The van der Waals surface area contributed by atoms with Gasteiger partial charge in [-0.25, -0.2) is 9.79 Å². The first-order valence-electron chi connectivity index (χ1n) is 7.19. The maximum atomic E-state index is 12.5. The fraction of sp³-hybridized carbons (Fsp3) is 0.312. The topological polar surface area (TPSA) is 59.0 Å². The molecule has 1 saturated heterocycles. The minimum atomic E-state index is -0.489. The number of carbonyl (C=O) groups excluding carboxylic acids is 2. The van der Waals surface area contributed by atoms with Crippen molar-refractivity contribution in [2.45, 2.75) is 19.9 Å². The summed E-state index contributed by atoms with van der Waals surface area (Å²) >= 11 is 4.80. The second-order valence-electron chi connectivity index (χ2n) is 5.12. The molecule has 1 aromatic carbocycles. The summed E-state index contributed by atoms with van der Waals surface area (Å²) in [4.78, 5) is 30.8.